The zero-order valence-corrected chi connectivity index (χ0v) is 15.4. The van der Waals surface area contributed by atoms with Crippen molar-refractivity contribution in [1.82, 2.24) is 14.5 Å². The highest BCUT2D eigenvalue weighted by Crippen LogP contribution is 2.19. The molecule has 0 aliphatic carbocycles. The van der Waals surface area contributed by atoms with Gasteiger partial charge < -0.3 is 10.6 Å². The number of rotatable bonds is 3. The van der Waals surface area contributed by atoms with Crippen LogP contribution in [0.5, 0.6) is 0 Å². The van der Waals surface area contributed by atoms with Gasteiger partial charge in [0.1, 0.15) is 10.8 Å². The summed E-state index contributed by atoms with van der Waals surface area (Å²) in [5.74, 6) is 5.38. The number of nitrogens with one attached hydrogen (secondary N) is 2. The van der Waals surface area contributed by atoms with E-state index in [4.69, 9.17) is 11.6 Å². The number of carbonyl (C=O) groups is 1. The minimum atomic E-state index is -0.698. The zero-order valence-electron chi connectivity index (χ0n) is 14.6. The summed E-state index contributed by atoms with van der Waals surface area (Å²) in [6.07, 6.45) is 1.01. The van der Waals surface area contributed by atoms with Crippen molar-refractivity contribution in [3.05, 3.63) is 73.5 Å². The van der Waals surface area contributed by atoms with E-state index in [1.807, 2.05) is 18.2 Å². The Kier molecular flexibility index (Phi) is 5.31. The molecule has 3 rings (SSSR count). The van der Waals surface area contributed by atoms with Crippen molar-refractivity contribution in [3.63, 3.8) is 0 Å². The lowest BCUT2D eigenvalue weighted by molar-refractivity contribution is -0.111. The van der Waals surface area contributed by atoms with Crippen molar-refractivity contribution in [2.45, 2.75) is 19.6 Å². The lowest BCUT2D eigenvalue weighted by Gasteiger charge is -2.12. The van der Waals surface area contributed by atoms with E-state index >= 15 is 0 Å². The molecule has 1 aromatic carbocycles. The maximum Gasteiger partial charge on any atom is 0.332 e. The van der Waals surface area contributed by atoms with Crippen molar-refractivity contribution in [3.8, 4) is 11.8 Å². The van der Waals surface area contributed by atoms with Crippen LogP contribution in [0.3, 0.4) is 0 Å². The van der Waals surface area contributed by atoms with Gasteiger partial charge in [0.2, 0.25) is 5.91 Å². The average molecular weight is 385 g/mol. The molecule has 1 aromatic heterocycles. The second-order valence-corrected chi connectivity index (χ2v) is 6.30. The van der Waals surface area contributed by atoms with Crippen LogP contribution in [-0.2, 0) is 31.5 Å². The Balaban J connectivity index is 1.98. The zero-order chi connectivity index (χ0) is 19.6. The first-order valence-electron chi connectivity index (χ1n) is 8.17. The first-order chi connectivity index (χ1) is 12.9. The molecular formula is C19H17ClN4O3. The van der Waals surface area contributed by atoms with Crippen molar-refractivity contribution in [2.24, 2.45) is 7.05 Å². The summed E-state index contributed by atoms with van der Waals surface area (Å²) in [6, 6.07) is 5.90. The second kappa shape index (κ2) is 7.66. The van der Waals surface area contributed by atoms with Gasteiger partial charge in [-0.15, -0.1) is 0 Å². The Morgan fingerprint density at radius 1 is 1.41 bits per heavy atom. The number of hydrogen-bond donors (Lipinski definition) is 2. The Morgan fingerprint density at radius 3 is 2.93 bits per heavy atom. The molecule has 8 heteroatoms. The van der Waals surface area contributed by atoms with Gasteiger partial charge in [0.25, 0.3) is 5.56 Å². The summed E-state index contributed by atoms with van der Waals surface area (Å²) >= 11 is 6.19. The number of halogens is 1. The molecule has 1 aliphatic heterocycles. The van der Waals surface area contributed by atoms with Crippen molar-refractivity contribution in [2.75, 3.05) is 5.32 Å². The topological polar surface area (TPSA) is 85.1 Å². The number of amides is 1. The molecule has 0 fully saturated rings. The van der Waals surface area contributed by atoms with E-state index in [2.05, 4.69) is 29.1 Å². The van der Waals surface area contributed by atoms with Crippen LogP contribution in [0.15, 0.2) is 40.4 Å². The van der Waals surface area contributed by atoms with Gasteiger partial charge >= 0.3 is 5.69 Å². The molecule has 0 unspecified atom stereocenters. The van der Waals surface area contributed by atoms with Crippen molar-refractivity contribution in [1.29, 1.82) is 0 Å². The second-order valence-electron chi connectivity index (χ2n) is 5.94. The summed E-state index contributed by atoms with van der Waals surface area (Å²) in [4.78, 5) is 36.1. The van der Waals surface area contributed by atoms with Crippen LogP contribution in [0.4, 0.5) is 5.69 Å². The Morgan fingerprint density at radius 2 is 2.19 bits per heavy atom. The Labute approximate surface area is 160 Å². The number of nitrogens with zero attached hydrogens (tertiary/aromatic N) is 2. The van der Waals surface area contributed by atoms with Crippen LogP contribution in [0, 0.1) is 11.8 Å². The van der Waals surface area contributed by atoms with E-state index in [0.717, 1.165) is 39.4 Å². The molecule has 2 heterocycles. The third kappa shape index (κ3) is 3.58. The normalized spacial score (nSPS) is 12.1. The van der Waals surface area contributed by atoms with E-state index in [9.17, 15) is 14.4 Å². The average Bonchev–Trinajstić information content (AvgIpc) is 3.15. The third-order valence-corrected chi connectivity index (χ3v) is 4.66. The van der Waals surface area contributed by atoms with Gasteiger partial charge in [-0.2, -0.15) is 0 Å². The number of hydrogen-bond acceptors (Lipinski definition) is 4. The largest absolute Gasteiger partial charge is 0.332 e. The van der Waals surface area contributed by atoms with E-state index in [-0.39, 0.29) is 17.4 Å². The molecule has 1 aliphatic rings. The first-order valence-corrected chi connectivity index (χ1v) is 8.55. The van der Waals surface area contributed by atoms with E-state index < -0.39 is 17.2 Å². The quantitative estimate of drug-likeness (QED) is 0.469. The SMILES string of the molecule is C=CC(=O)Nc1c(Cl)n(CC#Cc2cccc3c2CNC3)c(=O)n(C)c1=O. The summed E-state index contributed by atoms with van der Waals surface area (Å²) < 4.78 is 2.01. The minimum absolute atomic E-state index is 0.0279. The summed E-state index contributed by atoms with van der Waals surface area (Å²) in [5, 5.41) is 5.44. The van der Waals surface area contributed by atoms with Gasteiger partial charge in [0, 0.05) is 25.7 Å². The predicted molar refractivity (Wildman–Crippen MR) is 104 cm³/mol. The lowest BCUT2D eigenvalue weighted by atomic mass is 10.0. The molecule has 0 radical (unpaired) electrons. The molecule has 138 valence electrons. The number of benzene rings is 1. The molecule has 1 amide bonds. The number of anilines is 1. The summed E-state index contributed by atoms with van der Waals surface area (Å²) in [7, 11) is 1.31. The molecule has 0 saturated heterocycles. The molecule has 7 nitrogen and oxygen atoms in total. The van der Waals surface area contributed by atoms with Crippen LogP contribution in [0.1, 0.15) is 16.7 Å². The highest BCUT2D eigenvalue weighted by atomic mass is 35.5. The molecular weight excluding hydrogens is 368 g/mol. The lowest BCUT2D eigenvalue weighted by Crippen LogP contribution is -2.40. The van der Waals surface area contributed by atoms with E-state index in [1.54, 1.807) is 0 Å². The highest BCUT2D eigenvalue weighted by molar-refractivity contribution is 6.32. The summed E-state index contributed by atoms with van der Waals surface area (Å²) in [5.41, 5.74) is 1.73. The van der Waals surface area contributed by atoms with Crippen LogP contribution in [0.2, 0.25) is 5.15 Å². The Hall–Kier alpha value is -3.08. The minimum Gasteiger partial charge on any atom is -0.315 e. The van der Waals surface area contributed by atoms with Gasteiger partial charge in [-0.1, -0.05) is 42.2 Å². The Bertz CT molecular complexity index is 1120. The van der Waals surface area contributed by atoms with Crippen LogP contribution < -0.4 is 21.9 Å². The number of carbonyl (C=O) groups excluding carboxylic acids is 1. The molecule has 0 spiro atoms. The smallest absolute Gasteiger partial charge is 0.315 e. The van der Waals surface area contributed by atoms with Crippen molar-refractivity contribution < 1.29 is 4.79 Å². The van der Waals surface area contributed by atoms with Gasteiger partial charge in [0.05, 0.1) is 6.54 Å². The predicted octanol–water partition coefficient (Wildman–Crippen LogP) is 0.980. The maximum absolute atomic E-state index is 12.4. The maximum atomic E-state index is 12.4. The molecule has 2 aromatic rings. The van der Waals surface area contributed by atoms with Gasteiger partial charge in [-0.3, -0.25) is 18.7 Å². The molecule has 0 atom stereocenters. The third-order valence-electron chi connectivity index (χ3n) is 4.26. The molecule has 0 bridgehead atoms. The fourth-order valence-corrected chi connectivity index (χ4v) is 3.08. The first kappa shape index (κ1) is 18.7. The summed E-state index contributed by atoms with van der Waals surface area (Å²) in [6.45, 7) is 4.86. The van der Waals surface area contributed by atoms with E-state index in [0.29, 0.717) is 0 Å². The van der Waals surface area contributed by atoms with Gasteiger partial charge in [0.15, 0.2) is 0 Å². The van der Waals surface area contributed by atoms with Crippen molar-refractivity contribution >= 4 is 23.2 Å². The standard InChI is InChI=1S/C19H17ClN4O3/c1-3-15(25)22-16-17(20)24(19(27)23(2)18(16)26)9-5-8-12-6-4-7-13-10-21-11-14(12)13/h3-4,6-7,21H,1,9-11H2,2H3,(H,22,25). The van der Waals surface area contributed by atoms with Gasteiger partial charge in [-0.25, -0.2) is 4.79 Å². The number of fused-ring (bicyclic) bond motifs is 1. The molecule has 27 heavy (non-hydrogen) atoms. The highest BCUT2D eigenvalue weighted by Gasteiger charge is 2.17. The van der Waals surface area contributed by atoms with Crippen LogP contribution >= 0.6 is 11.6 Å². The van der Waals surface area contributed by atoms with E-state index in [1.165, 1.54) is 12.6 Å². The molecule has 2 N–H and O–H groups in total. The van der Waals surface area contributed by atoms with Gasteiger partial charge in [-0.05, 0) is 23.3 Å². The molecule has 0 saturated carbocycles. The number of aromatic nitrogens is 2. The monoisotopic (exact) mass is 384 g/mol. The van der Waals surface area contributed by atoms with Crippen LogP contribution in [0.25, 0.3) is 0 Å². The van der Waals surface area contributed by atoms with Crippen LogP contribution in [-0.4, -0.2) is 15.0 Å². The fourth-order valence-electron chi connectivity index (χ4n) is 2.82. The fraction of sp³-hybridized carbons (Fsp3) is 0.211.